The molecule has 0 saturated carbocycles. The van der Waals surface area contributed by atoms with E-state index < -0.39 is 34.6 Å². The maximum absolute atomic E-state index is 13.8. The van der Waals surface area contributed by atoms with Crippen LogP contribution in [0.15, 0.2) is 0 Å². The highest BCUT2D eigenvalue weighted by Gasteiger charge is 2.78. The van der Waals surface area contributed by atoms with E-state index in [4.69, 9.17) is 4.74 Å². The molecule has 0 aromatic rings. The number of likely N-dealkylation sites (tertiary alicyclic amines) is 1. The number of amides is 3. The first kappa shape index (κ1) is 25.9. The molecule has 0 aliphatic carbocycles. The number of aliphatic hydroxyl groups is 1. The minimum absolute atomic E-state index is 0.00489. The topological polar surface area (TPSA) is 108 Å². The molecule has 0 aromatic carbocycles. The molecule has 188 valence electrons. The van der Waals surface area contributed by atoms with Crippen molar-refractivity contribution in [2.45, 2.75) is 103 Å². The highest BCUT2D eigenvalue weighted by Crippen LogP contribution is 2.64. The van der Waals surface area contributed by atoms with E-state index in [9.17, 15) is 19.5 Å². The van der Waals surface area contributed by atoms with Crippen LogP contribution in [0.25, 0.3) is 0 Å². The normalized spacial score (nSPS) is 33.4. The monoisotopic (exact) mass is 465 g/mol. The molecule has 2 bridgehead atoms. The summed E-state index contributed by atoms with van der Waals surface area (Å²) >= 11 is 0. The molecule has 0 radical (unpaired) electrons. The molecule has 3 heterocycles. The summed E-state index contributed by atoms with van der Waals surface area (Å²) in [5, 5.41) is 15.8. The van der Waals surface area contributed by atoms with Crippen molar-refractivity contribution in [2.75, 3.05) is 19.7 Å². The Labute approximate surface area is 198 Å². The van der Waals surface area contributed by atoms with Crippen LogP contribution in [0.5, 0.6) is 0 Å². The number of nitrogens with one attached hydrogen (secondary N) is 2. The van der Waals surface area contributed by atoms with Crippen molar-refractivity contribution in [3.05, 3.63) is 0 Å². The van der Waals surface area contributed by atoms with Crippen molar-refractivity contribution in [2.24, 2.45) is 17.3 Å². The van der Waals surface area contributed by atoms with Crippen molar-refractivity contribution >= 4 is 17.7 Å². The minimum atomic E-state index is -1.04. The van der Waals surface area contributed by atoms with Gasteiger partial charge in [-0.2, -0.15) is 0 Å². The molecule has 33 heavy (non-hydrogen) atoms. The molecule has 3 fully saturated rings. The van der Waals surface area contributed by atoms with Crippen LogP contribution in [-0.2, 0) is 19.1 Å². The van der Waals surface area contributed by atoms with E-state index in [0.717, 1.165) is 12.8 Å². The molecular formula is C25H43N3O5. The van der Waals surface area contributed by atoms with Crippen LogP contribution in [-0.4, -0.2) is 70.2 Å². The van der Waals surface area contributed by atoms with Gasteiger partial charge in [-0.3, -0.25) is 14.4 Å². The second-order valence-electron chi connectivity index (χ2n) is 12.0. The summed E-state index contributed by atoms with van der Waals surface area (Å²) in [4.78, 5) is 42.2. The quantitative estimate of drug-likeness (QED) is 0.483. The molecule has 0 aromatic heterocycles. The Morgan fingerprint density at radius 1 is 1.15 bits per heavy atom. The van der Waals surface area contributed by atoms with Crippen LogP contribution in [0.4, 0.5) is 0 Å². The highest BCUT2D eigenvalue weighted by atomic mass is 16.5. The predicted molar refractivity (Wildman–Crippen MR) is 125 cm³/mol. The summed E-state index contributed by atoms with van der Waals surface area (Å²) in [6, 6.07) is -0.862. The Hall–Kier alpha value is -1.67. The summed E-state index contributed by atoms with van der Waals surface area (Å²) in [6.07, 6.45) is 3.35. The van der Waals surface area contributed by atoms with Gasteiger partial charge >= 0.3 is 0 Å². The maximum atomic E-state index is 13.8. The van der Waals surface area contributed by atoms with Gasteiger partial charge in [0, 0.05) is 18.6 Å². The first-order valence-corrected chi connectivity index (χ1v) is 12.5. The maximum Gasteiger partial charge on any atom is 0.246 e. The van der Waals surface area contributed by atoms with Crippen LogP contribution in [0, 0.1) is 17.3 Å². The van der Waals surface area contributed by atoms with E-state index in [1.54, 1.807) is 0 Å². The lowest BCUT2D eigenvalue weighted by atomic mass is 9.65. The summed E-state index contributed by atoms with van der Waals surface area (Å²) < 4.78 is 6.66. The van der Waals surface area contributed by atoms with Gasteiger partial charge in [0.15, 0.2) is 0 Å². The average molecular weight is 466 g/mol. The number of β-amino-alcohol motifs (C(OH)–C–C–N with tert-alkyl or cyclic N) is 1. The Bertz CT molecular complexity index is 791. The molecule has 1 spiro atoms. The first-order valence-electron chi connectivity index (χ1n) is 12.5. The van der Waals surface area contributed by atoms with Crippen molar-refractivity contribution in [3.8, 4) is 0 Å². The highest BCUT2D eigenvalue weighted by molar-refractivity contribution is 5.99. The van der Waals surface area contributed by atoms with Crippen molar-refractivity contribution in [3.63, 3.8) is 0 Å². The number of ether oxygens (including phenoxy) is 1. The third-order valence-corrected chi connectivity index (χ3v) is 7.54. The van der Waals surface area contributed by atoms with Gasteiger partial charge in [0.05, 0.1) is 24.0 Å². The van der Waals surface area contributed by atoms with E-state index in [1.807, 2.05) is 27.7 Å². The first-order chi connectivity index (χ1) is 15.3. The largest absolute Gasteiger partial charge is 0.395 e. The number of nitrogens with zero attached hydrogens (tertiary/aromatic N) is 1. The summed E-state index contributed by atoms with van der Waals surface area (Å²) in [5.74, 6) is -2.04. The molecule has 3 N–H and O–H groups in total. The Balaban J connectivity index is 1.99. The molecule has 3 aliphatic heterocycles. The lowest BCUT2D eigenvalue weighted by Crippen LogP contribution is -2.59. The van der Waals surface area contributed by atoms with Gasteiger partial charge in [0.1, 0.15) is 11.6 Å². The number of hydrogen-bond donors (Lipinski definition) is 3. The standard InChI is InChI=1S/C25H43N3O5/c1-8-12-26-19(30)16-17-21(32)28(13-14-29)18(25(17)11-10-24(16,9-2)33-25)20(31)27-23(6,7)15-22(3,4)5/h16-18,29H,8-15H2,1-7H3,(H,26,30)(H,27,31)/t16-,17+,18?,24+,25?/m1/s1. The number of rotatable bonds is 9. The van der Waals surface area contributed by atoms with Gasteiger partial charge in [-0.05, 0) is 51.4 Å². The average Bonchev–Trinajstić information content (AvgIpc) is 3.28. The third-order valence-electron chi connectivity index (χ3n) is 7.54. The zero-order valence-corrected chi connectivity index (χ0v) is 21.4. The van der Waals surface area contributed by atoms with E-state index in [0.29, 0.717) is 25.8 Å². The van der Waals surface area contributed by atoms with Crippen molar-refractivity contribution < 1.29 is 24.2 Å². The zero-order chi connectivity index (χ0) is 24.8. The molecule has 3 aliphatic rings. The van der Waals surface area contributed by atoms with Gasteiger partial charge in [0.2, 0.25) is 17.7 Å². The molecule has 5 atom stereocenters. The Kier molecular flexibility index (Phi) is 6.95. The summed E-state index contributed by atoms with van der Waals surface area (Å²) in [7, 11) is 0. The van der Waals surface area contributed by atoms with Crippen molar-refractivity contribution in [1.29, 1.82) is 0 Å². The number of fused-ring (bicyclic) bond motifs is 1. The smallest absolute Gasteiger partial charge is 0.246 e. The number of carbonyl (C=O) groups excluding carboxylic acids is 3. The van der Waals surface area contributed by atoms with Gasteiger partial charge in [-0.15, -0.1) is 0 Å². The van der Waals surface area contributed by atoms with Crippen molar-refractivity contribution in [1.82, 2.24) is 15.5 Å². The summed E-state index contributed by atoms with van der Waals surface area (Å²) in [6.45, 7) is 14.6. The van der Waals surface area contributed by atoms with E-state index in [-0.39, 0.29) is 36.3 Å². The number of aliphatic hydroxyl groups excluding tert-OH is 1. The molecule has 3 amide bonds. The van der Waals surface area contributed by atoms with E-state index in [2.05, 4.69) is 31.4 Å². The van der Waals surface area contributed by atoms with Gasteiger partial charge < -0.3 is 25.4 Å². The third kappa shape index (κ3) is 4.41. The van der Waals surface area contributed by atoms with Crippen LogP contribution >= 0.6 is 0 Å². The van der Waals surface area contributed by atoms with Crippen LogP contribution in [0.2, 0.25) is 0 Å². The lowest BCUT2D eigenvalue weighted by molar-refractivity contribution is -0.148. The Morgan fingerprint density at radius 2 is 1.82 bits per heavy atom. The Morgan fingerprint density at radius 3 is 2.36 bits per heavy atom. The van der Waals surface area contributed by atoms with Gasteiger partial charge in [0.25, 0.3) is 0 Å². The second-order valence-corrected chi connectivity index (χ2v) is 12.0. The molecule has 3 rings (SSSR count). The lowest BCUT2D eigenvalue weighted by Gasteiger charge is -2.38. The van der Waals surface area contributed by atoms with E-state index in [1.165, 1.54) is 4.90 Å². The minimum Gasteiger partial charge on any atom is -0.395 e. The van der Waals surface area contributed by atoms with Crippen LogP contribution in [0.1, 0.15) is 80.6 Å². The molecule has 8 heteroatoms. The van der Waals surface area contributed by atoms with Crippen LogP contribution in [0.3, 0.4) is 0 Å². The van der Waals surface area contributed by atoms with Gasteiger partial charge in [-0.1, -0.05) is 34.6 Å². The molecule has 8 nitrogen and oxygen atoms in total. The fraction of sp³-hybridized carbons (Fsp3) is 0.880. The fourth-order valence-corrected chi connectivity index (χ4v) is 6.89. The molecule has 3 saturated heterocycles. The summed E-state index contributed by atoms with van der Waals surface area (Å²) in [5.41, 5.74) is -2.26. The molecule has 2 unspecified atom stereocenters. The van der Waals surface area contributed by atoms with Gasteiger partial charge in [-0.25, -0.2) is 0 Å². The zero-order valence-electron chi connectivity index (χ0n) is 21.4. The predicted octanol–water partition coefficient (Wildman–Crippen LogP) is 1.99. The van der Waals surface area contributed by atoms with E-state index >= 15 is 0 Å². The van der Waals surface area contributed by atoms with Crippen LogP contribution < -0.4 is 10.6 Å². The number of hydrogen-bond acceptors (Lipinski definition) is 5. The SMILES string of the molecule is CCCNC(=O)[C@H]1[C@H]2C(=O)N(CCO)C(C(=O)NC(C)(C)CC(C)(C)C)C23CC[C@]1(CC)O3. The molecular weight excluding hydrogens is 422 g/mol. The fourth-order valence-electron chi connectivity index (χ4n) is 6.89. The second kappa shape index (κ2) is 8.84. The number of carbonyl (C=O) groups is 3.